The predicted molar refractivity (Wildman–Crippen MR) is 97.6 cm³/mol. The summed E-state index contributed by atoms with van der Waals surface area (Å²) in [6.07, 6.45) is 0.490. The third-order valence-corrected chi connectivity index (χ3v) is 3.61. The van der Waals surface area contributed by atoms with E-state index in [1.54, 1.807) is 36.4 Å². The maximum absolute atomic E-state index is 12.3. The van der Waals surface area contributed by atoms with E-state index in [1.165, 1.54) is 13.0 Å². The number of carboxylic acids is 1. The fraction of sp³-hybridized carbons (Fsp3) is 0.150. The third-order valence-electron chi connectivity index (χ3n) is 3.61. The lowest BCUT2D eigenvalue weighted by atomic mass is 10.1. The van der Waals surface area contributed by atoms with E-state index in [2.05, 4.69) is 5.32 Å². The normalized spacial score (nSPS) is 12.0. The van der Waals surface area contributed by atoms with Gasteiger partial charge in [0.1, 0.15) is 17.4 Å². The van der Waals surface area contributed by atoms with Gasteiger partial charge < -0.3 is 15.2 Å². The SMILES string of the molecule is Cc1ccccc1NC(=O)/C(C#N)=C\c1ccc(O[C@H](C)C(=O)O)cc1. The van der Waals surface area contributed by atoms with Gasteiger partial charge in [-0.15, -0.1) is 0 Å². The third kappa shape index (κ3) is 4.95. The smallest absolute Gasteiger partial charge is 0.344 e. The Balaban J connectivity index is 2.13. The molecule has 0 saturated carbocycles. The summed E-state index contributed by atoms with van der Waals surface area (Å²) in [5, 5.41) is 20.8. The van der Waals surface area contributed by atoms with E-state index in [-0.39, 0.29) is 5.57 Å². The van der Waals surface area contributed by atoms with E-state index in [4.69, 9.17) is 9.84 Å². The first-order valence-electron chi connectivity index (χ1n) is 7.89. The highest BCUT2D eigenvalue weighted by Crippen LogP contribution is 2.18. The molecule has 1 amide bonds. The second-order valence-electron chi connectivity index (χ2n) is 5.61. The Morgan fingerprint density at radius 1 is 1.19 bits per heavy atom. The van der Waals surface area contributed by atoms with Gasteiger partial charge in [-0.3, -0.25) is 4.79 Å². The van der Waals surface area contributed by atoms with E-state index < -0.39 is 18.0 Å². The van der Waals surface area contributed by atoms with Crippen LogP contribution in [0.3, 0.4) is 0 Å². The molecule has 0 heterocycles. The van der Waals surface area contributed by atoms with E-state index in [0.29, 0.717) is 17.0 Å². The van der Waals surface area contributed by atoms with Crippen LogP contribution in [0.5, 0.6) is 5.75 Å². The molecule has 0 radical (unpaired) electrons. The Hall–Kier alpha value is -3.59. The maximum Gasteiger partial charge on any atom is 0.344 e. The Morgan fingerprint density at radius 2 is 1.85 bits per heavy atom. The number of carbonyl (C=O) groups is 2. The molecule has 0 aliphatic heterocycles. The molecule has 6 nitrogen and oxygen atoms in total. The van der Waals surface area contributed by atoms with Crippen molar-refractivity contribution in [2.45, 2.75) is 20.0 Å². The minimum absolute atomic E-state index is 0.0409. The molecule has 1 atom stereocenters. The Labute approximate surface area is 151 Å². The largest absolute Gasteiger partial charge is 0.479 e. The van der Waals surface area contributed by atoms with Crippen LogP contribution in [0.15, 0.2) is 54.1 Å². The van der Waals surface area contributed by atoms with Gasteiger partial charge in [-0.05, 0) is 49.2 Å². The number of aliphatic carboxylic acids is 1. The summed E-state index contributed by atoms with van der Waals surface area (Å²) >= 11 is 0. The molecule has 2 N–H and O–H groups in total. The van der Waals surface area contributed by atoms with Gasteiger partial charge in [0.15, 0.2) is 6.10 Å². The minimum atomic E-state index is -1.06. The van der Waals surface area contributed by atoms with E-state index in [0.717, 1.165) is 5.56 Å². The number of carboxylic acid groups (broad SMARTS) is 1. The summed E-state index contributed by atoms with van der Waals surface area (Å²) in [4.78, 5) is 23.1. The Bertz CT molecular complexity index is 879. The first-order chi connectivity index (χ1) is 12.4. The van der Waals surface area contributed by atoms with Gasteiger partial charge in [0, 0.05) is 5.69 Å². The van der Waals surface area contributed by atoms with Crippen LogP contribution in [0, 0.1) is 18.3 Å². The molecule has 26 heavy (non-hydrogen) atoms. The lowest BCUT2D eigenvalue weighted by Gasteiger charge is -2.10. The Morgan fingerprint density at radius 3 is 2.42 bits per heavy atom. The van der Waals surface area contributed by atoms with Crippen molar-refractivity contribution in [3.8, 4) is 11.8 Å². The molecule has 2 rings (SSSR count). The van der Waals surface area contributed by atoms with Crippen molar-refractivity contribution in [3.05, 3.63) is 65.2 Å². The molecule has 132 valence electrons. The summed E-state index contributed by atoms with van der Waals surface area (Å²) in [6.45, 7) is 3.29. The summed E-state index contributed by atoms with van der Waals surface area (Å²) in [5.74, 6) is -1.17. The number of anilines is 1. The molecule has 2 aromatic carbocycles. The van der Waals surface area contributed by atoms with Crippen LogP contribution in [0.2, 0.25) is 0 Å². The zero-order chi connectivity index (χ0) is 19.1. The second kappa shape index (κ2) is 8.49. The molecule has 0 unspecified atom stereocenters. The molecule has 0 aliphatic rings. The molecule has 0 aromatic heterocycles. The van der Waals surface area contributed by atoms with Crippen molar-refractivity contribution in [2.24, 2.45) is 0 Å². The number of rotatable bonds is 6. The highest BCUT2D eigenvalue weighted by molar-refractivity contribution is 6.09. The van der Waals surface area contributed by atoms with Gasteiger partial charge in [-0.25, -0.2) is 4.79 Å². The first-order valence-corrected chi connectivity index (χ1v) is 7.89. The molecule has 2 aromatic rings. The van der Waals surface area contributed by atoms with Crippen LogP contribution in [0.4, 0.5) is 5.69 Å². The summed E-state index contributed by atoms with van der Waals surface area (Å²) < 4.78 is 5.24. The van der Waals surface area contributed by atoms with Crippen LogP contribution in [-0.4, -0.2) is 23.1 Å². The number of carbonyl (C=O) groups excluding carboxylic acids is 1. The second-order valence-corrected chi connectivity index (χ2v) is 5.61. The lowest BCUT2D eigenvalue weighted by Crippen LogP contribution is -2.22. The van der Waals surface area contributed by atoms with Gasteiger partial charge in [0.05, 0.1) is 0 Å². The molecule has 0 aliphatic carbocycles. The standard InChI is InChI=1S/C20H18N2O4/c1-13-5-3-4-6-18(13)22-19(23)16(12-21)11-15-7-9-17(10-8-15)26-14(2)20(24)25/h3-11,14H,1-2H3,(H,22,23)(H,24,25)/b16-11-/t14-/m1/s1. The molecular formula is C20H18N2O4. The fourth-order valence-corrected chi connectivity index (χ4v) is 2.12. The van der Waals surface area contributed by atoms with Crippen LogP contribution < -0.4 is 10.1 Å². The fourth-order valence-electron chi connectivity index (χ4n) is 2.12. The zero-order valence-electron chi connectivity index (χ0n) is 14.4. The van der Waals surface area contributed by atoms with Crippen molar-refractivity contribution in [1.82, 2.24) is 0 Å². The molecule has 6 heteroatoms. The lowest BCUT2D eigenvalue weighted by molar-refractivity contribution is -0.144. The van der Waals surface area contributed by atoms with E-state index >= 15 is 0 Å². The maximum atomic E-state index is 12.3. The number of aryl methyl sites for hydroxylation is 1. The molecule has 0 bridgehead atoms. The topological polar surface area (TPSA) is 99.4 Å². The summed E-state index contributed by atoms with van der Waals surface area (Å²) in [6, 6.07) is 15.6. The monoisotopic (exact) mass is 350 g/mol. The summed E-state index contributed by atoms with van der Waals surface area (Å²) in [7, 11) is 0. The van der Waals surface area contributed by atoms with Crippen molar-refractivity contribution in [2.75, 3.05) is 5.32 Å². The average molecular weight is 350 g/mol. The summed E-state index contributed by atoms with van der Waals surface area (Å²) in [5.41, 5.74) is 2.12. The Kier molecular flexibility index (Phi) is 6.12. The number of hydrogen-bond acceptors (Lipinski definition) is 4. The molecular weight excluding hydrogens is 332 g/mol. The van der Waals surface area contributed by atoms with Crippen molar-refractivity contribution in [1.29, 1.82) is 5.26 Å². The van der Waals surface area contributed by atoms with Crippen LogP contribution in [0.25, 0.3) is 6.08 Å². The quantitative estimate of drug-likeness (QED) is 0.614. The van der Waals surface area contributed by atoms with Gasteiger partial charge in [0.25, 0.3) is 5.91 Å². The minimum Gasteiger partial charge on any atom is -0.479 e. The van der Waals surface area contributed by atoms with E-state index in [1.807, 2.05) is 25.1 Å². The van der Waals surface area contributed by atoms with Crippen molar-refractivity contribution in [3.63, 3.8) is 0 Å². The number of para-hydroxylation sites is 1. The van der Waals surface area contributed by atoms with Gasteiger partial charge >= 0.3 is 5.97 Å². The highest BCUT2D eigenvalue weighted by atomic mass is 16.5. The van der Waals surface area contributed by atoms with Crippen LogP contribution in [0.1, 0.15) is 18.1 Å². The van der Waals surface area contributed by atoms with Crippen LogP contribution in [-0.2, 0) is 9.59 Å². The number of benzene rings is 2. The first kappa shape index (κ1) is 18.7. The predicted octanol–water partition coefficient (Wildman–Crippen LogP) is 3.39. The average Bonchev–Trinajstić information content (AvgIpc) is 2.62. The molecule has 0 fully saturated rings. The molecule has 0 spiro atoms. The van der Waals surface area contributed by atoms with Gasteiger partial charge in [0.2, 0.25) is 0 Å². The number of nitriles is 1. The number of amides is 1. The number of hydrogen-bond donors (Lipinski definition) is 2. The van der Waals surface area contributed by atoms with Gasteiger partial charge in [-0.1, -0.05) is 30.3 Å². The van der Waals surface area contributed by atoms with Gasteiger partial charge in [-0.2, -0.15) is 5.26 Å². The zero-order valence-corrected chi connectivity index (χ0v) is 14.4. The number of ether oxygens (including phenoxy) is 1. The highest BCUT2D eigenvalue weighted by Gasteiger charge is 2.13. The number of nitrogens with zero attached hydrogens (tertiary/aromatic N) is 1. The van der Waals surface area contributed by atoms with Crippen molar-refractivity contribution < 1.29 is 19.4 Å². The van der Waals surface area contributed by atoms with E-state index in [9.17, 15) is 14.9 Å². The van der Waals surface area contributed by atoms with Crippen molar-refractivity contribution >= 4 is 23.6 Å². The van der Waals surface area contributed by atoms with Crippen LogP contribution >= 0.6 is 0 Å². The number of nitrogens with one attached hydrogen (secondary N) is 1. The molecule has 0 saturated heterocycles.